The van der Waals surface area contributed by atoms with Gasteiger partial charge >= 0.3 is 6.03 Å². The molecule has 0 saturated heterocycles. The number of hydrogen-bond acceptors (Lipinski definition) is 6. The average molecular weight is 478 g/mol. The molecule has 0 radical (unpaired) electrons. The van der Waals surface area contributed by atoms with Gasteiger partial charge in [0.15, 0.2) is 5.13 Å². The van der Waals surface area contributed by atoms with Crippen LogP contribution in [0.5, 0.6) is 0 Å². The molecule has 2 heterocycles. The number of rotatable bonds is 6. The van der Waals surface area contributed by atoms with Gasteiger partial charge in [0.2, 0.25) is 0 Å². The summed E-state index contributed by atoms with van der Waals surface area (Å²) in [4.78, 5) is 35.2. The van der Waals surface area contributed by atoms with Gasteiger partial charge in [-0.05, 0) is 51.0 Å². The number of hydrogen-bond donors (Lipinski definition) is 2. The maximum atomic E-state index is 12.3. The highest BCUT2D eigenvalue weighted by Crippen LogP contribution is 2.43. The van der Waals surface area contributed by atoms with E-state index in [0.717, 1.165) is 51.6 Å². The van der Waals surface area contributed by atoms with Crippen molar-refractivity contribution >= 4 is 40.2 Å². The molecular formula is C24H27N7O2S. The van der Waals surface area contributed by atoms with E-state index in [4.69, 9.17) is 10.8 Å². The Labute approximate surface area is 202 Å². The van der Waals surface area contributed by atoms with Gasteiger partial charge in [-0.2, -0.15) is 5.10 Å². The third-order valence-electron chi connectivity index (χ3n) is 5.50. The van der Waals surface area contributed by atoms with E-state index in [1.807, 2.05) is 43.0 Å². The lowest BCUT2D eigenvalue weighted by Gasteiger charge is -2.15. The predicted molar refractivity (Wildman–Crippen MR) is 136 cm³/mol. The van der Waals surface area contributed by atoms with Gasteiger partial charge in [-0.15, -0.1) is 0 Å². The topological polar surface area (TPSA) is 118 Å². The Balaban J connectivity index is 1.88. The number of carbonyl (C=O) groups is 2. The molecule has 4 rings (SSSR count). The first-order valence-electron chi connectivity index (χ1n) is 11.0. The third kappa shape index (κ3) is 4.36. The number of aryl methyl sites for hydroxylation is 1. The van der Waals surface area contributed by atoms with Crippen LogP contribution in [-0.2, 0) is 12.8 Å². The number of nitrogens with zero attached hydrogens (tertiary/aromatic N) is 5. The largest absolute Gasteiger partial charge is 0.351 e. The number of fused-ring (bicyclic) bond motifs is 3. The van der Waals surface area contributed by atoms with Gasteiger partial charge in [0.05, 0.1) is 27.6 Å². The van der Waals surface area contributed by atoms with Crippen LogP contribution >= 0.6 is 11.3 Å². The number of allylic oxidation sites excluding steroid dienone is 2. The highest BCUT2D eigenvalue weighted by molar-refractivity contribution is 7.19. The second-order valence-corrected chi connectivity index (χ2v) is 8.99. The third-order valence-corrected chi connectivity index (χ3v) is 6.52. The molecule has 1 aromatic carbocycles. The molecule has 34 heavy (non-hydrogen) atoms. The van der Waals surface area contributed by atoms with Gasteiger partial charge in [-0.25, -0.2) is 14.5 Å². The Morgan fingerprint density at radius 1 is 1.26 bits per heavy atom. The minimum absolute atomic E-state index is 0.0615. The minimum Gasteiger partial charge on any atom is -0.351 e. The van der Waals surface area contributed by atoms with Gasteiger partial charge in [0, 0.05) is 43.6 Å². The van der Waals surface area contributed by atoms with Crippen LogP contribution in [0.3, 0.4) is 0 Å². The lowest BCUT2D eigenvalue weighted by atomic mass is 9.95. The van der Waals surface area contributed by atoms with Gasteiger partial charge in [-0.3, -0.25) is 15.1 Å². The van der Waals surface area contributed by atoms with E-state index in [9.17, 15) is 9.59 Å². The Morgan fingerprint density at radius 2 is 2.00 bits per heavy atom. The van der Waals surface area contributed by atoms with Gasteiger partial charge in [-0.1, -0.05) is 17.4 Å². The van der Waals surface area contributed by atoms with E-state index in [0.29, 0.717) is 17.2 Å². The summed E-state index contributed by atoms with van der Waals surface area (Å²) in [6, 6.07) is 6.74. The van der Waals surface area contributed by atoms with E-state index in [1.54, 1.807) is 31.1 Å². The van der Waals surface area contributed by atoms with Gasteiger partial charge in [0.25, 0.3) is 5.91 Å². The Kier molecular flexibility index (Phi) is 6.60. The number of amides is 3. The van der Waals surface area contributed by atoms with Crippen molar-refractivity contribution in [2.45, 2.75) is 26.7 Å². The molecule has 0 saturated carbocycles. The van der Waals surface area contributed by atoms with Crippen LogP contribution in [-0.4, -0.2) is 58.5 Å². The fourth-order valence-corrected chi connectivity index (χ4v) is 4.99. The molecule has 1 aliphatic rings. The maximum absolute atomic E-state index is 12.3. The highest BCUT2D eigenvalue weighted by atomic mass is 32.1. The summed E-state index contributed by atoms with van der Waals surface area (Å²) in [5.41, 5.74) is 11.5. The number of benzene rings is 1. The molecule has 0 fully saturated rings. The summed E-state index contributed by atoms with van der Waals surface area (Å²) in [6.45, 7) is 4.65. The number of aliphatic imine (C=N–C) groups is 1. The van der Waals surface area contributed by atoms with Crippen molar-refractivity contribution < 1.29 is 9.59 Å². The fraction of sp³-hybridized carbons (Fsp3) is 0.292. The van der Waals surface area contributed by atoms with Crippen molar-refractivity contribution in [2.75, 3.05) is 26.0 Å². The number of thiazole rings is 1. The zero-order valence-corrected chi connectivity index (χ0v) is 20.4. The summed E-state index contributed by atoms with van der Waals surface area (Å²) in [5, 5.41) is 8.05. The van der Waals surface area contributed by atoms with Crippen LogP contribution in [0, 0.1) is 0 Å². The van der Waals surface area contributed by atoms with E-state index < -0.39 is 6.03 Å². The van der Waals surface area contributed by atoms with Crippen molar-refractivity contribution in [3.63, 3.8) is 0 Å². The number of nitrogens with two attached hydrogens (primary N) is 1. The van der Waals surface area contributed by atoms with Gasteiger partial charge in [0.1, 0.15) is 0 Å². The zero-order chi connectivity index (χ0) is 24.4. The molecule has 3 aromatic rings. The van der Waals surface area contributed by atoms with E-state index in [2.05, 4.69) is 15.3 Å². The van der Waals surface area contributed by atoms with Crippen molar-refractivity contribution in [3.8, 4) is 16.3 Å². The molecule has 0 atom stereocenters. The van der Waals surface area contributed by atoms with E-state index in [-0.39, 0.29) is 5.91 Å². The second kappa shape index (κ2) is 9.60. The molecule has 3 amide bonds. The average Bonchev–Trinajstić information content (AvgIpc) is 3.40. The summed E-state index contributed by atoms with van der Waals surface area (Å²) in [7, 11) is 3.46. The zero-order valence-electron chi connectivity index (χ0n) is 19.6. The molecule has 0 unspecified atom stereocenters. The summed E-state index contributed by atoms with van der Waals surface area (Å²) in [5.74, 6) is -0.0615. The first-order valence-corrected chi connectivity index (χ1v) is 11.8. The standard InChI is InChI=1S/C24H27N7O2S/c1-5-14(13-26-6-2)19-17-11-12-18-21(34-24(27-18)28-23(25)33)20(17)31(29-19)16-9-7-15(8-10-16)22(32)30(3)4/h5,7-10,13H,6,11-12H2,1-4H3,(H3,25,27,28,33)/b14-5+,26-13?. The molecule has 3 N–H and O–H groups in total. The van der Waals surface area contributed by atoms with Crippen molar-refractivity contribution in [1.82, 2.24) is 19.7 Å². The maximum Gasteiger partial charge on any atom is 0.318 e. The van der Waals surface area contributed by atoms with Crippen molar-refractivity contribution in [3.05, 3.63) is 52.9 Å². The molecule has 1 aliphatic carbocycles. The van der Waals surface area contributed by atoms with Crippen LogP contribution in [0.1, 0.15) is 41.2 Å². The SMILES string of the molecule is C/C=C(\C=NCC)c1nn(-c2ccc(C(=O)N(C)C)cc2)c2c1CCc1nc(NC(N)=O)sc1-2. The van der Waals surface area contributed by atoms with E-state index >= 15 is 0 Å². The number of nitrogens with one attached hydrogen (secondary N) is 1. The summed E-state index contributed by atoms with van der Waals surface area (Å²) in [6.07, 6.45) is 5.35. The van der Waals surface area contributed by atoms with Crippen molar-refractivity contribution in [2.24, 2.45) is 10.7 Å². The van der Waals surface area contributed by atoms with Crippen LogP contribution in [0.2, 0.25) is 0 Å². The lowest BCUT2D eigenvalue weighted by Crippen LogP contribution is -2.21. The number of primary amides is 1. The van der Waals surface area contributed by atoms with Crippen LogP contribution in [0.4, 0.5) is 9.93 Å². The van der Waals surface area contributed by atoms with E-state index in [1.165, 1.54) is 11.3 Å². The highest BCUT2D eigenvalue weighted by Gasteiger charge is 2.30. The molecule has 2 aromatic heterocycles. The number of urea groups is 1. The monoisotopic (exact) mass is 477 g/mol. The molecule has 0 bridgehead atoms. The first-order chi connectivity index (χ1) is 16.3. The van der Waals surface area contributed by atoms with Crippen LogP contribution in [0.15, 0.2) is 35.3 Å². The Hall–Kier alpha value is -3.79. The predicted octanol–water partition coefficient (Wildman–Crippen LogP) is 3.78. The van der Waals surface area contributed by atoms with Crippen molar-refractivity contribution in [1.29, 1.82) is 0 Å². The fourth-order valence-electron chi connectivity index (χ4n) is 3.91. The Bertz CT molecular complexity index is 1300. The smallest absolute Gasteiger partial charge is 0.318 e. The second-order valence-electron chi connectivity index (χ2n) is 7.99. The quantitative estimate of drug-likeness (QED) is 0.525. The summed E-state index contributed by atoms with van der Waals surface area (Å²) < 4.78 is 1.89. The molecule has 0 aliphatic heterocycles. The summed E-state index contributed by atoms with van der Waals surface area (Å²) >= 11 is 1.38. The first kappa shape index (κ1) is 23.4. The number of carbonyl (C=O) groups excluding carboxylic acids is 2. The van der Waals surface area contributed by atoms with Gasteiger partial charge < -0.3 is 10.6 Å². The Morgan fingerprint density at radius 3 is 2.62 bits per heavy atom. The lowest BCUT2D eigenvalue weighted by molar-refractivity contribution is 0.0827. The number of anilines is 1. The molecule has 10 heteroatoms. The normalized spacial score (nSPS) is 13.0. The molecular weight excluding hydrogens is 450 g/mol. The van der Waals surface area contributed by atoms with Crippen LogP contribution < -0.4 is 11.1 Å². The van der Waals surface area contributed by atoms with Crippen LogP contribution in [0.25, 0.3) is 21.8 Å². The molecule has 9 nitrogen and oxygen atoms in total. The molecule has 0 spiro atoms. The number of aromatic nitrogens is 3. The molecule has 176 valence electrons. The minimum atomic E-state index is -0.645.